The van der Waals surface area contributed by atoms with Crippen LogP contribution in [-0.4, -0.2) is 35.1 Å². The molecule has 2 heterocycles. The lowest BCUT2D eigenvalue weighted by Crippen LogP contribution is -2.54. The molecule has 1 N–H and O–H groups in total. The van der Waals surface area contributed by atoms with Crippen LogP contribution in [0.15, 0.2) is 24.3 Å². The van der Waals surface area contributed by atoms with Gasteiger partial charge in [0.25, 0.3) is 0 Å². The van der Waals surface area contributed by atoms with Crippen LogP contribution in [0.25, 0.3) is 11.0 Å². The summed E-state index contributed by atoms with van der Waals surface area (Å²) in [5.74, 6) is 1.03. The number of benzene rings is 1. The number of piperazine rings is 1. The Morgan fingerprint density at radius 3 is 2.26 bits per heavy atom. The Morgan fingerprint density at radius 1 is 1.05 bits per heavy atom. The van der Waals surface area contributed by atoms with Gasteiger partial charge < -0.3 is 10.2 Å². The maximum Gasteiger partial charge on any atom is 0.150 e. The Balaban J connectivity index is 2.01. The third kappa shape index (κ3) is 2.40. The summed E-state index contributed by atoms with van der Waals surface area (Å²) in [6.45, 7) is 8.45. The minimum atomic E-state index is 0.483. The van der Waals surface area contributed by atoms with Crippen LogP contribution >= 0.6 is 0 Å². The highest BCUT2D eigenvalue weighted by molar-refractivity contribution is 5.76. The molecular weight excluding hydrogens is 236 g/mol. The highest BCUT2D eigenvalue weighted by Gasteiger charge is 2.23. The van der Waals surface area contributed by atoms with Crippen molar-refractivity contribution in [2.75, 3.05) is 18.0 Å². The van der Waals surface area contributed by atoms with Crippen molar-refractivity contribution in [1.29, 1.82) is 0 Å². The van der Waals surface area contributed by atoms with E-state index in [4.69, 9.17) is 4.98 Å². The molecule has 4 heteroatoms. The average molecular weight is 256 g/mol. The van der Waals surface area contributed by atoms with Gasteiger partial charge in [0.15, 0.2) is 5.82 Å². The predicted octanol–water partition coefficient (Wildman–Crippen LogP) is 2.12. The van der Waals surface area contributed by atoms with Gasteiger partial charge in [0.2, 0.25) is 0 Å². The van der Waals surface area contributed by atoms with Gasteiger partial charge in [-0.15, -0.1) is 0 Å². The minimum absolute atomic E-state index is 0.483. The summed E-state index contributed by atoms with van der Waals surface area (Å²) in [5.41, 5.74) is 2.96. The number of aryl methyl sites for hydroxylation is 1. The van der Waals surface area contributed by atoms with E-state index < -0.39 is 0 Å². The maximum atomic E-state index is 4.80. The summed E-state index contributed by atoms with van der Waals surface area (Å²) in [5, 5.41) is 3.55. The molecule has 1 aromatic heterocycles. The molecule has 1 aromatic carbocycles. The van der Waals surface area contributed by atoms with Gasteiger partial charge in [0.1, 0.15) is 0 Å². The topological polar surface area (TPSA) is 41.1 Å². The van der Waals surface area contributed by atoms with Crippen LogP contribution < -0.4 is 10.2 Å². The van der Waals surface area contributed by atoms with Gasteiger partial charge in [0, 0.05) is 25.2 Å². The van der Waals surface area contributed by atoms with Gasteiger partial charge in [-0.1, -0.05) is 12.1 Å². The highest BCUT2D eigenvalue weighted by Crippen LogP contribution is 2.21. The van der Waals surface area contributed by atoms with E-state index in [0.717, 1.165) is 35.6 Å². The van der Waals surface area contributed by atoms with Crippen molar-refractivity contribution in [3.05, 3.63) is 30.0 Å². The summed E-state index contributed by atoms with van der Waals surface area (Å²) < 4.78 is 0. The lowest BCUT2D eigenvalue weighted by atomic mass is 10.1. The Morgan fingerprint density at radius 2 is 1.63 bits per heavy atom. The lowest BCUT2D eigenvalue weighted by molar-refractivity contribution is 0.405. The second kappa shape index (κ2) is 4.78. The number of hydrogen-bond donors (Lipinski definition) is 1. The van der Waals surface area contributed by atoms with Crippen LogP contribution in [-0.2, 0) is 0 Å². The van der Waals surface area contributed by atoms with Crippen LogP contribution in [0.4, 0.5) is 5.82 Å². The quantitative estimate of drug-likeness (QED) is 0.848. The number of aromatic nitrogens is 2. The molecule has 1 aliphatic heterocycles. The molecule has 0 spiro atoms. The molecule has 2 atom stereocenters. The van der Waals surface area contributed by atoms with Crippen molar-refractivity contribution in [1.82, 2.24) is 15.3 Å². The third-order valence-corrected chi connectivity index (χ3v) is 3.58. The second-order valence-corrected chi connectivity index (χ2v) is 5.50. The fourth-order valence-corrected chi connectivity index (χ4v) is 2.88. The van der Waals surface area contributed by atoms with Crippen molar-refractivity contribution < 1.29 is 0 Å². The van der Waals surface area contributed by atoms with E-state index in [9.17, 15) is 0 Å². The molecule has 4 nitrogen and oxygen atoms in total. The Bertz CT molecular complexity index is 586. The molecule has 0 amide bonds. The van der Waals surface area contributed by atoms with Gasteiger partial charge in [-0.3, -0.25) is 0 Å². The SMILES string of the molecule is Cc1nc2ccccc2nc1N1CC(C)NC(C)C1. The first kappa shape index (κ1) is 12.4. The first-order valence-corrected chi connectivity index (χ1v) is 6.88. The van der Waals surface area contributed by atoms with E-state index in [0.29, 0.717) is 12.1 Å². The standard InChI is InChI=1S/C15H20N4/c1-10-8-19(9-11(2)16-10)15-12(3)17-13-6-4-5-7-14(13)18-15/h4-7,10-11,16H,8-9H2,1-3H3. The van der Waals surface area contributed by atoms with Crippen LogP contribution in [0.3, 0.4) is 0 Å². The molecule has 2 unspecified atom stereocenters. The summed E-state index contributed by atoms with van der Waals surface area (Å²) in [4.78, 5) is 11.8. The van der Waals surface area contributed by atoms with E-state index >= 15 is 0 Å². The zero-order valence-electron chi connectivity index (χ0n) is 11.7. The molecule has 0 saturated carbocycles. The maximum absolute atomic E-state index is 4.80. The number of fused-ring (bicyclic) bond motifs is 1. The molecule has 1 saturated heterocycles. The van der Waals surface area contributed by atoms with E-state index in [1.165, 1.54) is 0 Å². The zero-order valence-corrected chi connectivity index (χ0v) is 11.7. The van der Waals surface area contributed by atoms with Crippen molar-refractivity contribution in [3.8, 4) is 0 Å². The lowest BCUT2D eigenvalue weighted by Gasteiger charge is -2.37. The molecular formula is C15H20N4. The summed E-state index contributed by atoms with van der Waals surface area (Å²) >= 11 is 0. The van der Waals surface area contributed by atoms with Crippen molar-refractivity contribution >= 4 is 16.9 Å². The molecule has 1 fully saturated rings. The summed E-state index contributed by atoms with van der Waals surface area (Å²) in [6.07, 6.45) is 0. The van der Waals surface area contributed by atoms with Gasteiger partial charge >= 0.3 is 0 Å². The van der Waals surface area contributed by atoms with Gasteiger partial charge in [0.05, 0.1) is 16.7 Å². The number of para-hydroxylation sites is 2. The largest absolute Gasteiger partial charge is 0.352 e. The third-order valence-electron chi connectivity index (χ3n) is 3.58. The van der Waals surface area contributed by atoms with Crippen molar-refractivity contribution in [2.45, 2.75) is 32.9 Å². The summed E-state index contributed by atoms with van der Waals surface area (Å²) in [7, 11) is 0. The summed E-state index contributed by atoms with van der Waals surface area (Å²) in [6, 6.07) is 9.03. The van der Waals surface area contributed by atoms with Gasteiger partial charge in [-0.25, -0.2) is 9.97 Å². The molecule has 1 aliphatic rings. The van der Waals surface area contributed by atoms with Crippen LogP contribution in [0.1, 0.15) is 19.5 Å². The first-order valence-electron chi connectivity index (χ1n) is 6.88. The molecule has 19 heavy (non-hydrogen) atoms. The first-order chi connectivity index (χ1) is 9.13. The van der Waals surface area contributed by atoms with E-state index in [-0.39, 0.29) is 0 Å². The predicted molar refractivity (Wildman–Crippen MR) is 78.5 cm³/mol. The fraction of sp³-hybridized carbons (Fsp3) is 0.467. The second-order valence-electron chi connectivity index (χ2n) is 5.50. The molecule has 100 valence electrons. The van der Waals surface area contributed by atoms with E-state index in [2.05, 4.69) is 29.0 Å². The van der Waals surface area contributed by atoms with E-state index in [1.807, 2.05) is 31.2 Å². The minimum Gasteiger partial charge on any atom is -0.352 e. The van der Waals surface area contributed by atoms with Crippen molar-refractivity contribution in [3.63, 3.8) is 0 Å². The monoisotopic (exact) mass is 256 g/mol. The van der Waals surface area contributed by atoms with Crippen LogP contribution in [0, 0.1) is 6.92 Å². The zero-order chi connectivity index (χ0) is 13.4. The van der Waals surface area contributed by atoms with Crippen molar-refractivity contribution in [2.24, 2.45) is 0 Å². The molecule has 0 bridgehead atoms. The van der Waals surface area contributed by atoms with Gasteiger partial charge in [-0.05, 0) is 32.9 Å². The fourth-order valence-electron chi connectivity index (χ4n) is 2.88. The van der Waals surface area contributed by atoms with Crippen LogP contribution in [0.5, 0.6) is 0 Å². The average Bonchev–Trinajstić information content (AvgIpc) is 2.36. The molecule has 0 radical (unpaired) electrons. The smallest absolute Gasteiger partial charge is 0.150 e. The molecule has 2 aromatic rings. The number of anilines is 1. The highest BCUT2D eigenvalue weighted by atomic mass is 15.3. The Labute approximate surface area is 113 Å². The number of hydrogen-bond acceptors (Lipinski definition) is 4. The van der Waals surface area contributed by atoms with E-state index in [1.54, 1.807) is 0 Å². The number of nitrogens with one attached hydrogen (secondary N) is 1. The Kier molecular flexibility index (Phi) is 3.11. The van der Waals surface area contributed by atoms with Crippen LogP contribution in [0.2, 0.25) is 0 Å². The number of nitrogens with zero attached hydrogens (tertiary/aromatic N) is 3. The Hall–Kier alpha value is -1.68. The molecule has 3 rings (SSSR count). The van der Waals surface area contributed by atoms with Gasteiger partial charge in [-0.2, -0.15) is 0 Å². The number of rotatable bonds is 1. The normalized spacial score (nSPS) is 23.8. The molecule has 0 aliphatic carbocycles.